The molecule has 1 aromatic heterocycles. The lowest BCUT2D eigenvalue weighted by Gasteiger charge is -2.15. The standard InChI is InChI=1S/C15H17ClN4O/c1-2-21-12-7-5-11(6-8-12)13-17-14(16)19-15(18-13)20-9-3-4-10-20/h5-8H,2-4,9-10H2,1H3. The third kappa shape index (κ3) is 3.24. The molecule has 1 aliphatic rings. The molecule has 1 aromatic carbocycles. The van der Waals surface area contributed by atoms with Crippen molar-refractivity contribution in [3.8, 4) is 17.1 Å². The SMILES string of the molecule is CCOc1ccc(-c2nc(Cl)nc(N3CCCC3)n2)cc1. The summed E-state index contributed by atoms with van der Waals surface area (Å²) in [7, 11) is 0. The molecule has 0 amide bonds. The fourth-order valence-corrected chi connectivity index (χ4v) is 2.55. The average molecular weight is 305 g/mol. The molecule has 0 spiro atoms. The highest BCUT2D eigenvalue weighted by atomic mass is 35.5. The van der Waals surface area contributed by atoms with Crippen LogP contribution in [0.4, 0.5) is 5.95 Å². The van der Waals surface area contributed by atoms with Gasteiger partial charge in [-0.2, -0.15) is 15.0 Å². The van der Waals surface area contributed by atoms with E-state index in [1.165, 1.54) is 12.8 Å². The molecule has 6 heteroatoms. The minimum absolute atomic E-state index is 0.232. The van der Waals surface area contributed by atoms with Crippen molar-refractivity contribution in [3.63, 3.8) is 0 Å². The second-order valence-electron chi connectivity index (χ2n) is 4.88. The summed E-state index contributed by atoms with van der Waals surface area (Å²) < 4.78 is 5.44. The van der Waals surface area contributed by atoms with Crippen LogP contribution in [0.2, 0.25) is 5.28 Å². The lowest BCUT2D eigenvalue weighted by atomic mass is 10.2. The quantitative estimate of drug-likeness (QED) is 0.868. The van der Waals surface area contributed by atoms with Crippen LogP contribution in [-0.4, -0.2) is 34.6 Å². The average Bonchev–Trinajstić information content (AvgIpc) is 3.02. The molecule has 1 aliphatic heterocycles. The Hall–Kier alpha value is -1.88. The monoisotopic (exact) mass is 304 g/mol. The lowest BCUT2D eigenvalue weighted by molar-refractivity contribution is 0.340. The van der Waals surface area contributed by atoms with E-state index in [2.05, 4.69) is 19.9 Å². The molecular weight excluding hydrogens is 288 g/mol. The topological polar surface area (TPSA) is 51.1 Å². The fraction of sp³-hybridized carbons (Fsp3) is 0.400. The Balaban J connectivity index is 1.90. The highest BCUT2D eigenvalue weighted by molar-refractivity contribution is 6.28. The van der Waals surface area contributed by atoms with Gasteiger partial charge in [0.25, 0.3) is 0 Å². The first-order chi connectivity index (χ1) is 10.3. The Bertz CT molecular complexity index is 612. The van der Waals surface area contributed by atoms with E-state index in [1.807, 2.05) is 31.2 Å². The van der Waals surface area contributed by atoms with Gasteiger partial charge in [-0.25, -0.2) is 0 Å². The van der Waals surface area contributed by atoms with Crippen molar-refractivity contribution in [1.29, 1.82) is 0 Å². The van der Waals surface area contributed by atoms with Gasteiger partial charge in [-0.3, -0.25) is 0 Å². The summed E-state index contributed by atoms with van der Waals surface area (Å²) in [6.45, 7) is 4.56. The predicted molar refractivity (Wildman–Crippen MR) is 82.9 cm³/mol. The summed E-state index contributed by atoms with van der Waals surface area (Å²) in [5.41, 5.74) is 0.906. The van der Waals surface area contributed by atoms with Crippen LogP contribution in [0.5, 0.6) is 5.75 Å². The van der Waals surface area contributed by atoms with E-state index in [0.717, 1.165) is 24.4 Å². The van der Waals surface area contributed by atoms with Gasteiger partial charge in [-0.15, -0.1) is 0 Å². The van der Waals surface area contributed by atoms with Crippen molar-refractivity contribution < 1.29 is 4.74 Å². The molecule has 110 valence electrons. The minimum atomic E-state index is 0.232. The summed E-state index contributed by atoms with van der Waals surface area (Å²) in [5.74, 6) is 2.09. The van der Waals surface area contributed by atoms with Gasteiger partial charge in [0.2, 0.25) is 11.2 Å². The summed E-state index contributed by atoms with van der Waals surface area (Å²) >= 11 is 6.05. The molecule has 0 aliphatic carbocycles. The third-order valence-corrected chi connectivity index (χ3v) is 3.58. The van der Waals surface area contributed by atoms with Crippen molar-refractivity contribution in [1.82, 2.24) is 15.0 Å². The van der Waals surface area contributed by atoms with Crippen LogP contribution in [0.3, 0.4) is 0 Å². The Labute approximate surface area is 129 Å². The molecule has 5 nitrogen and oxygen atoms in total. The van der Waals surface area contributed by atoms with E-state index in [9.17, 15) is 0 Å². The Morgan fingerprint density at radius 2 is 1.81 bits per heavy atom. The zero-order valence-corrected chi connectivity index (χ0v) is 12.7. The van der Waals surface area contributed by atoms with Crippen molar-refractivity contribution in [2.75, 3.05) is 24.6 Å². The molecule has 2 aromatic rings. The van der Waals surface area contributed by atoms with Gasteiger partial charge >= 0.3 is 0 Å². The van der Waals surface area contributed by atoms with E-state index in [4.69, 9.17) is 16.3 Å². The number of hydrogen-bond acceptors (Lipinski definition) is 5. The second kappa shape index (κ2) is 6.26. The summed E-state index contributed by atoms with van der Waals surface area (Å²) in [6, 6.07) is 7.69. The van der Waals surface area contributed by atoms with E-state index in [1.54, 1.807) is 0 Å². The van der Waals surface area contributed by atoms with Crippen LogP contribution in [0.1, 0.15) is 19.8 Å². The summed E-state index contributed by atoms with van der Waals surface area (Å²) in [4.78, 5) is 15.1. The zero-order valence-electron chi connectivity index (χ0n) is 11.9. The summed E-state index contributed by atoms with van der Waals surface area (Å²) in [5, 5.41) is 0.232. The molecule has 2 heterocycles. The van der Waals surface area contributed by atoms with Gasteiger partial charge in [0.05, 0.1) is 6.61 Å². The fourth-order valence-electron chi connectivity index (χ4n) is 2.39. The molecule has 0 saturated carbocycles. The second-order valence-corrected chi connectivity index (χ2v) is 5.22. The minimum Gasteiger partial charge on any atom is -0.494 e. The largest absolute Gasteiger partial charge is 0.494 e. The highest BCUT2D eigenvalue weighted by Crippen LogP contribution is 2.23. The number of ether oxygens (including phenoxy) is 1. The number of rotatable bonds is 4. The van der Waals surface area contributed by atoms with E-state index >= 15 is 0 Å². The Morgan fingerprint density at radius 1 is 1.10 bits per heavy atom. The van der Waals surface area contributed by atoms with Gasteiger partial charge in [0.15, 0.2) is 5.82 Å². The van der Waals surface area contributed by atoms with Crippen LogP contribution in [-0.2, 0) is 0 Å². The van der Waals surface area contributed by atoms with Gasteiger partial charge in [-0.1, -0.05) is 0 Å². The van der Waals surface area contributed by atoms with E-state index in [0.29, 0.717) is 18.4 Å². The van der Waals surface area contributed by atoms with Crippen molar-refractivity contribution in [3.05, 3.63) is 29.5 Å². The number of aromatic nitrogens is 3. The molecule has 1 fully saturated rings. The van der Waals surface area contributed by atoms with Crippen molar-refractivity contribution in [2.24, 2.45) is 0 Å². The van der Waals surface area contributed by atoms with Crippen LogP contribution in [0.15, 0.2) is 24.3 Å². The molecular formula is C15H17ClN4O. The smallest absolute Gasteiger partial charge is 0.230 e. The maximum absolute atomic E-state index is 6.05. The first kappa shape index (κ1) is 14.1. The molecule has 0 N–H and O–H groups in total. The highest BCUT2D eigenvalue weighted by Gasteiger charge is 2.17. The van der Waals surface area contributed by atoms with Crippen LogP contribution < -0.4 is 9.64 Å². The van der Waals surface area contributed by atoms with E-state index in [-0.39, 0.29) is 5.28 Å². The molecule has 0 atom stereocenters. The number of nitrogens with zero attached hydrogens (tertiary/aromatic N) is 4. The Kier molecular flexibility index (Phi) is 4.20. The normalized spacial score (nSPS) is 14.5. The van der Waals surface area contributed by atoms with Gasteiger partial charge < -0.3 is 9.64 Å². The lowest BCUT2D eigenvalue weighted by Crippen LogP contribution is -2.21. The maximum atomic E-state index is 6.05. The molecule has 0 unspecified atom stereocenters. The van der Waals surface area contributed by atoms with E-state index < -0.39 is 0 Å². The number of halogens is 1. The first-order valence-electron chi connectivity index (χ1n) is 7.16. The molecule has 0 radical (unpaired) electrons. The third-order valence-electron chi connectivity index (χ3n) is 3.41. The number of anilines is 1. The van der Waals surface area contributed by atoms with Gasteiger partial charge in [-0.05, 0) is 55.6 Å². The maximum Gasteiger partial charge on any atom is 0.230 e. The number of hydrogen-bond donors (Lipinski definition) is 0. The number of benzene rings is 1. The Morgan fingerprint density at radius 3 is 2.48 bits per heavy atom. The molecule has 3 rings (SSSR count). The molecule has 21 heavy (non-hydrogen) atoms. The molecule has 1 saturated heterocycles. The van der Waals surface area contributed by atoms with Gasteiger partial charge in [0.1, 0.15) is 5.75 Å². The zero-order chi connectivity index (χ0) is 14.7. The van der Waals surface area contributed by atoms with Crippen LogP contribution in [0, 0.1) is 0 Å². The molecule has 0 bridgehead atoms. The van der Waals surface area contributed by atoms with Crippen LogP contribution >= 0.6 is 11.6 Å². The van der Waals surface area contributed by atoms with Gasteiger partial charge in [0, 0.05) is 18.7 Å². The van der Waals surface area contributed by atoms with Crippen LogP contribution in [0.25, 0.3) is 11.4 Å². The van der Waals surface area contributed by atoms with Crippen molar-refractivity contribution >= 4 is 17.5 Å². The van der Waals surface area contributed by atoms with Crippen molar-refractivity contribution in [2.45, 2.75) is 19.8 Å². The predicted octanol–water partition coefficient (Wildman–Crippen LogP) is 3.19. The first-order valence-corrected chi connectivity index (χ1v) is 7.54. The summed E-state index contributed by atoms with van der Waals surface area (Å²) in [6.07, 6.45) is 2.34.